The van der Waals surface area contributed by atoms with Gasteiger partial charge in [0.1, 0.15) is 5.84 Å². The second-order valence-electron chi connectivity index (χ2n) is 6.82. The van der Waals surface area contributed by atoms with Crippen LogP contribution in [-0.2, 0) is 11.3 Å². The number of alkyl halides is 1. The molecule has 1 N–H and O–H groups in total. The first kappa shape index (κ1) is 17.7. The number of amidine groups is 1. The number of nitrogens with zero attached hydrogens (tertiary/aromatic N) is 3. The average molecular weight is 363 g/mol. The Morgan fingerprint density at radius 2 is 1.92 bits per heavy atom. The largest absolute Gasteiger partial charge is 0.344 e. The van der Waals surface area contributed by atoms with E-state index >= 15 is 0 Å². The van der Waals surface area contributed by atoms with Crippen molar-refractivity contribution in [2.45, 2.75) is 39.0 Å². The molecule has 7 heteroatoms. The number of urea groups is 1. The summed E-state index contributed by atoms with van der Waals surface area (Å²) in [6.07, 6.45) is 0.404. The molecule has 0 spiro atoms. The number of aliphatic imine (C=N–C) groups is 1. The third-order valence-electron chi connectivity index (χ3n) is 4.57. The van der Waals surface area contributed by atoms with Crippen LogP contribution in [0.15, 0.2) is 35.3 Å². The van der Waals surface area contributed by atoms with Gasteiger partial charge >= 0.3 is 6.03 Å². The summed E-state index contributed by atoms with van der Waals surface area (Å²) in [5, 5.41) is 2.47. The Balaban J connectivity index is 1.85. The molecule has 6 nitrogen and oxygen atoms in total. The Morgan fingerprint density at radius 1 is 1.20 bits per heavy atom. The van der Waals surface area contributed by atoms with Crippen LogP contribution in [0.25, 0.3) is 0 Å². The third-order valence-corrected chi connectivity index (χ3v) is 4.81. The lowest BCUT2D eigenvalue weighted by Gasteiger charge is -2.38. The molecule has 2 aliphatic heterocycles. The molecule has 0 aliphatic carbocycles. The first-order valence-corrected chi connectivity index (χ1v) is 9.09. The van der Waals surface area contributed by atoms with Crippen LogP contribution in [0, 0.1) is 5.92 Å². The summed E-state index contributed by atoms with van der Waals surface area (Å²) in [7, 11) is 0. The maximum absolute atomic E-state index is 12.5. The van der Waals surface area contributed by atoms with E-state index in [1.807, 2.05) is 35.2 Å². The van der Waals surface area contributed by atoms with Crippen molar-refractivity contribution < 1.29 is 9.59 Å². The number of imide groups is 1. The number of carbonyl (C=O) groups excluding carboxylic acids is 2. The second-order valence-corrected chi connectivity index (χ2v) is 7.09. The summed E-state index contributed by atoms with van der Waals surface area (Å²) in [6, 6.07) is 8.78. The zero-order valence-corrected chi connectivity index (χ0v) is 15.2. The molecule has 3 amide bonds. The average Bonchev–Trinajstić information content (AvgIpc) is 2.96. The van der Waals surface area contributed by atoms with Gasteiger partial charge in [0.15, 0.2) is 12.2 Å². The molecule has 3 rings (SSSR count). The van der Waals surface area contributed by atoms with Crippen LogP contribution < -0.4 is 5.32 Å². The van der Waals surface area contributed by atoms with Gasteiger partial charge in [0.25, 0.3) is 5.91 Å². The van der Waals surface area contributed by atoms with Gasteiger partial charge < -0.3 is 4.90 Å². The molecule has 2 aliphatic rings. The van der Waals surface area contributed by atoms with Crippen molar-refractivity contribution in [3.8, 4) is 0 Å². The minimum atomic E-state index is -0.526. The van der Waals surface area contributed by atoms with E-state index in [1.165, 1.54) is 0 Å². The van der Waals surface area contributed by atoms with Crippen LogP contribution in [0.1, 0.15) is 25.8 Å². The van der Waals surface area contributed by atoms with Gasteiger partial charge in [0.05, 0.1) is 5.88 Å². The molecule has 2 heterocycles. The molecule has 1 aromatic carbocycles. The van der Waals surface area contributed by atoms with Crippen LogP contribution in [0.4, 0.5) is 4.79 Å². The van der Waals surface area contributed by atoms with Crippen LogP contribution in [0.5, 0.6) is 0 Å². The quantitative estimate of drug-likeness (QED) is 0.790. The monoisotopic (exact) mass is 362 g/mol. The number of hydrogen-bond acceptors (Lipinski definition) is 4. The summed E-state index contributed by atoms with van der Waals surface area (Å²) in [5.41, 5.74) is 0.994. The minimum absolute atomic E-state index is 0.228. The van der Waals surface area contributed by atoms with Gasteiger partial charge in [-0.2, -0.15) is 0 Å². The van der Waals surface area contributed by atoms with Crippen LogP contribution in [-0.4, -0.2) is 52.2 Å². The zero-order chi connectivity index (χ0) is 18.0. The van der Waals surface area contributed by atoms with Gasteiger partial charge in [0, 0.05) is 13.1 Å². The first-order valence-electron chi connectivity index (χ1n) is 8.56. The number of hydrogen-bond donors (Lipinski definition) is 1. The summed E-state index contributed by atoms with van der Waals surface area (Å²) >= 11 is 6.07. The standard InChI is InChI=1S/C18H23ClN4O2/c1-12(2)8-9-22-14(10-19)20-16-15(22)17(24)21-18(25)23(16)11-13-6-4-3-5-7-13/h3-7,12,15-16H,8-11H2,1-2H3,(H,21,24,25). The highest BCUT2D eigenvalue weighted by atomic mass is 35.5. The maximum Gasteiger partial charge on any atom is 0.326 e. The SMILES string of the molecule is CC(C)CCN1C(CCl)=NC2C1C(=O)NC(=O)N2Cc1ccccc1. The summed E-state index contributed by atoms with van der Waals surface area (Å²) in [4.78, 5) is 33.1. The lowest BCUT2D eigenvalue weighted by molar-refractivity contribution is -0.127. The van der Waals surface area contributed by atoms with E-state index in [4.69, 9.17) is 11.6 Å². The minimum Gasteiger partial charge on any atom is -0.344 e. The van der Waals surface area contributed by atoms with E-state index in [0.717, 1.165) is 12.0 Å². The van der Waals surface area contributed by atoms with Crippen molar-refractivity contribution >= 4 is 29.4 Å². The highest BCUT2D eigenvalue weighted by molar-refractivity contribution is 6.28. The second kappa shape index (κ2) is 7.44. The van der Waals surface area contributed by atoms with Gasteiger partial charge in [-0.3, -0.25) is 15.0 Å². The Kier molecular flexibility index (Phi) is 5.27. The smallest absolute Gasteiger partial charge is 0.326 e. The van der Waals surface area contributed by atoms with E-state index in [1.54, 1.807) is 4.90 Å². The fourth-order valence-corrected chi connectivity index (χ4v) is 3.45. The van der Waals surface area contributed by atoms with Crippen LogP contribution in [0.3, 0.4) is 0 Å². The fourth-order valence-electron chi connectivity index (χ4n) is 3.23. The molecule has 1 saturated heterocycles. The Labute approximate surface area is 152 Å². The highest BCUT2D eigenvalue weighted by Crippen LogP contribution is 2.27. The van der Waals surface area contributed by atoms with Gasteiger partial charge in [-0.15, -0.1) is 11.6 Å². The molecule has 1 fully saturated rings. The first-order chi connectivity index (χ1) is 12.0. The number of benzene rings is 1. The van der Waals surface area contributed by atoms with Gasteiger partial charge in [0.2, 0.25) is 0 Å². The lowest BCUT2D eigenvalue weighted by Crippen LogP contribution is -2.64. The van der Waals surface area contributed by atoms with E-state index in [9.17, 15) is 9.59 Å². The molecular weight excluding hydrogens is 340 g/mol. The van der Waals surface area contributed by atoms with Crippen molar-refractivity contribution in [3.05, 3.63) is 35.9 Å². The lowest BCUT2D eigenvalue weighted by atomic mass is 10.1. The maximum atomic E-state index is 12.5. The molecule has 2 unspecified atom stereocenters. The number of nitrogens with one attached hydrogen (secondary N) is 1. The predicted molar refractivity (Wildman–Crippen MR) is 97.4 cm³/mol. The molecule has 0 aromatic heterocycles. The summed E-state index contributed by atoms with van der Waals surface area (Å²) < 4.78 is 0. The topological polar surface area (TPSA) is 65.0 Å². The molecule has 0 bridgehead atoms. The van der Waals surface area contributed by atoms with Crippen molar-refractivity contribution in [2.24, 2.45) is 10.9 Å². The highest BCUT2D eigenvalue weighted by Gasteiger charge is 2.49. The fraction of sp³-hybridized carbons (Fsp3) is 0.500. The van der Waals surface area contributed by atoms with E-state index < -0.39 is 18.2 Å². The van der Waals surface area contributed by atoms with Gasteiger partial charge in [-0.25, -0.2) is 9.79 Å². The molecule has 25 heavy (non-hydrogen) atoms. The van der Waals surface area contributed by atoms with Crippen molar-refractivity contribution in [1.29, 1.82) is 0 Å². The number of carbonyl (C=O) groups is 2. The van der Waals surface area contributed by atoms with Crippen LogP contribution in [0.2, 0.25) is 0 Å². The van der Waals surface area contributed by atoms with Crippen molar-refractivity contribution in [3.63, 3.8) is 0 Å². The molecule has 134 valence electrons. The van der Waals surface area contributed by atoms with E-state index in [-0.39, 0.29) is 11.8 Å². The molecular formula is C18H23ClN4O2. The van der Waals surface area contributed by atoms with E-state index in [0.29, 0.717) is 24.8 Å². The zero-order valence-electron chi connectivity index (χ0n) is 14.5. The number of amides is 3. The Bertz CT molecular complexity index is 677. The van der Waals surface area contributed by atoms with Gasteiger partial charge in [-0.05, 0) is 17.9 Å². The normalized spacial score (nSPS) is 23.0. The van der Waals surface area contributed by atoms with Crippen molar-refractivity contribution in [1.82, 2.24) is 15.1 Å². The molecule has 1 aromatic rings. The van der Waals surface area contributed by atoms with Crippen molar-refractivity contribution in [2.75, 3.05) is 12.4 Å². The predicted octanol–water partition coefficient (Wildman–Crippen LogP) is 2.43. The van der Waals surface area contributed by atoms with Gasteiger partial charge in [-0.1, -0.05) is 44.2 Å². The molecule has 2 atom stereocenters. The third kappa shape index (κ3) is 3.63. The summed E-state index contributed by atoms with van der Waals surface area (Å²) in [5.74, 6) is 1.11. The van der Waals surface area contributed by atoms with Crippen LogP contribution >= 0.6 is 11.6 Å². The Hall–Kier alpha value is -2.08. The molecule has 0 saturated carbocycles. The Morgan fingerprint density at radius 3 is 2.56 bits per heavy atom. The summed E-state index contributed by atoms with van der Waals surface area (Å²) in [6.45, 7) is 5.37. The number of fused-ring (bicyclic) bond motifs is 1. The van der Waals surface area contributed by atoms with E-state index in [2.05, 4.69) is 24.2 Å². The number of halogens is 1. The number of rotatable bonds is 6. The molecule has 0 radical (unpaired) electrons.